The van der Waals surface area contributed by atoms with Crippen LogP contribution in [-0.4, -0.2) is 36.6 Å². The van der Waals surface area contributed by atoms with Gasteiger partial charge in [0.2, 0.25) is 0 Å². The highest BCUT2D eigenvalue weighted by Crippen LogP contribution is 2.05. The molecular formula is C12H18N2O2. The topological polar surface area (TPSA) is 42.4 Å². The standard InChI is InChI=1S/C12H18N2O2/c1-10(12(15)16-3)8-14(2)9-11-5-4-6-13-7-11/h4-7,10H,8-9H2,1-3H3. The average molecular weight is 222 g/mol. The molecule has 0 aliphatic carbocycles. The van der Waals surface area contributed by atoms with Gasteiger partial charge in [-0.05, 0) is 18.7 Å². The summed E-state index contributed by atoms with van der Waals surface area (Å²) >= 11 is 0. The Morgan fingerprint density at radius 3 is 2.94 bits per heavy atom. The summed E-state index contributed by atoms with van der Waals surface area (Å²) in [4.78, 5) is 17.4. The zero-order chi connectivity index (χ0) is 12.0. The van der Waals surface area contributed by atoms with Crippen molar-refractivity contribution in [2.24, 2.45) is 5.92 Å². The van der Waals surface area contributed by atoms with E-state index in [9.17, 15) is 4.79 Å². The number of esters is 1. The van der Waals surface area contributed by atoms with Crippen LogP contribution in [0, 0.1) is 5.92 Å². The summed E-state index contributed by atoms with van der Waals surface area (Å²) < 4.78 is 4.69. The van der Waals surface area contributed by atoms with Crippen LogP contribution in [0.15, 0.2) is 24.5 Å². The molecule has 0 radical (unpaired) electrons. The molecule has 1 aromatic rings. The maximum absolute atomic E-state index is 11.2. The normalized spacial score (nSPS) is 12.5. The van der Waals surface area contributed by atoms with E-state index in [1.807, 2.05) is 32.3 Å². The van der Waals surface area contributed by atoms with Crippen molar-refractivity contribution in [3.05, 3.63) is 30.1 Å². The monoisotopic (exact) mass is 222 g/mol. The van der Waals surface area contributed by atoms with Crippen LogP contribution >= 0.6 is 0 Å². The first kappa shape index (κ1) is 12.6. The highest BCUT2D eigenvalue weighted by Gasteiger charge is 2.15. The van der Waals surface area contributed by atoms with Crippen LogP contribution in [0.2, 0.25) is 0 Å². The molecule has 4 heteroatoms. The van der Waals surface area contributed by atoms with Crippen molar-refractivity contribution in [1.29, 1.82) is 0 Å². The van der Waals surface area contributed by atoms with Gasteiger partial charge in [-0.1, -0.05) is 13.0 Å². The Balaban J connectivity index is 2.42. The fourth-order valence-corrected chi connectivity index (χ4v) is 1.61. The molecule has 0 N–H and O–H groups in total. The minimum atomic E-state index is -0.168. The van der Waals surface area contributed by atoms with E-state index in [1.165, 1.54) is 7.11 Å². The van der Waals surface area contributed by atoms with E-state index in [4.69, 9.17) is 0 Å². The lowest BCUT2D eigenvalue weighted by molar-refractivity contribution is -0.145. The minimum absolute atomic E-state index is 0.105. The van der Waals surface area contributed by atoms with Gasteiger partial charge in [0, 0.05) is 25.5 Å². The number of methoxy groups -OCH3 is 1. The summed E-state index contributed by atoms with van der Waals surface area (Å²) in [6.45, 7) is 3.34. The molecule has 4 nitrogen and oxygen atoms in total. The number of aromatic nitrogens is 1. The van der Waals surface area contributed by atoms with E-state index in [-0.39, 0.29) is 11.9 Å². The summed E-state index contributed by atoms with van der Waals surface area (Å²) in [5, 5.41) is 0. The van der Waals surface area contributed by atoms with E-state index in [0.29, 0.717) is 6.54 Å². The van der Waals surface area contributed by atoms with Crippen molar-refractivity contribution in [1.82, 2.24) is 9.88 Å². The molecule has 0 bridgehead atoms. The Bertz CT molecular complexity index is 327. The van der Waals surface area contributed by atoms with Crippen LogP contribution in [0.3, 0.4) is 0 Å². The summed E-state index contributed by atoms with van der Waals surface area (Å²) in [6.07, 6.45) is 3.58. The molecule has 1 unspecified atom stereocenters. The van der Waals surface area contributed by atoms with Crippen LogP contribution in [-0.2, 0) is 16.1 Å². The molecule has 0 spiro atoms. The zero-order valence-electron chi connectivity index (χ0n) is 10.0. The molecule has 0 fully saturated rings. The van der Waals surface area contributed by atoms with Gasteiger partial charge in [0.1, 0.15) is 0 Å². The molecule has 0 aliphatic rings. The van der Waals surface area contributed by atoms with Crippen molar-refractivity contribution in [2.75, 3.05) is 20.7 Å². The molecule has 1 heterocycles. The van der Waals surface area contributed by atoms with Gasteiger partial charge in [0.15, 0.2) is 0 Å². The SMILES string of the molecule is COC(=O)C(C)CN(C)Cc1cccnc1. The lowest BCUT2D eigenvalue weighted by Gasteiger charge is -2.19. The first-order valence-electron chi connectivity index (χ1n) is 5.28. The fourth-order valence-electron chi connectivity index (χ4n) is 1.61. The second-order valence-corrected chi connectivity index (χ2v) is 3.98. The first-order valence-corrected chi connectivity index (χ1v) is 5.28. The average Bonchev–Trinajstić information content (AvgIpc) is 2.29. The van der Waals surface area contributed by atoms with Crippen molar-refractivity contribution in [3.8, 4) is 0 Å². The number of carbonyl (C=O) groups is 1. The van der Waals surface area contributed by atoms with Gasteiger partial charge >= 0.3 is 5.97 Å². The summed E-state index contributed by atoms with van der Waals surface area (Å²) in [6, 6.07) is 3.93. The second kappa shape index (κ2) is 6.23. The summed E-state index contributed by atoms with van der Waals surface area (Å²) in [5.74, 6) is -0.273. The van der Waals surface area contributed by atoms with Crippen LogP contribution < -0.4 is 0 Å². The summed E-state index contributed by atoms with van der Waals surface area (Å²) in [7, 11) is 3.40. The lowest BCUT2D eigenvalue weighted by atomic mass is 10.1. The van der Waals surface area contributed by atoms with Gasteiger partial charge < -0.3 is 9.64 Å². The molecule has 0 aliphatic heterocycles. The molecule has 0 saturated carbocycles. The number of rotatable bonds is 5. The highest BCUT2D eigenvalue weighted by molar-refractivity contribution is 5.72. The summed E-state index contributed by atoms with van der Waals surface area (Å²) in [5.41, 5.74) is 1.14. The van der Waals surface area contributed by atoms with Gasteiger partial charge in [-0.15, -0.1) is 0 Å². The Kier molecular flexibility index (Phi) is 4.92. The Morgan fingerprint density at radius 1 is 1.62 bits per heavy atom. The third-order valence-corrected chi connectivity index (χ3v) is 2.36. The van der Waals surface area contributed by atoms with E-state index in [2.05, 4.69) is 14.6 Å². The predicted molar refractivity (Wildman–Crippen MR) is 61.8 cm³/mol. The number of hydrogen-bond donors (Lipinski definition) is 0. The van der Waals surface area contributed by atoms with Crippen molar-refractivity contribution in [2.45, 2.75) is 13.5 Å². The van der Waals surface area contributed by atoms with E-state index >= 15 is 0 Å². The first-order chi connectivity index (χ1) is 7.63. The molecule has 88 valence electrons. The lowest BCUT2D eigenvalue weighted by Crippen LogP contribution is -2.29. The van der Waals surface area contributed by atoms with E-state index in [1.54, 1.807) is 6.20 Å². The van der Waals surface area contributed by atoms with Crippen molar-refractivity contribution >= 4 is 5.97 Å². The highest BCUT2D eigenvalue weighted by atomic mass is 16.5. The molecule has 0 aromatic carbocycles. The number of hydrogen-bond acceptors (Lipinski definition) is 4. The fraction of sp³-hybridized carbons (Fsp3) is 0.500. The minimum Gasteiger partial charge on any atom is -0.469 e. The number of pyridine rings is 1. The van der Waals surface area contributed by atoms with Gasteiger partial charge in [-0.2, -0.15) is 0 Å². The van der Waals surface area contributed by atoms with Crippen LogP contribution in [0.25, 0.3) is 0 Å². The van der Waals surface area contributed by atoms with Crippen LogP contribution in [0.1, 0.15) is 12.5 Å². The zero-order valence-corrected chi connectivity index (χ0v) is 10.0. The third-order valence-electron chi connectivity index (χ3n) is 2.36. The van der Waals surface area contributed by atoms with Crippen LogP contribution in [0.5, 0.6) is 0 Å². The Labute approximate surface area is 96.2 Å². The third kappa shape index (κ3) is 3.98. The molecule has 0 saturated heterocycles. The Morgan fingerprint density at radius 2 is 2.38 bits per heavy atom. The van der Waals surface area contributed by atoms with Gasteiger partial charge in [-0.25, -0.2) is 0 Å². The Hall–Kier alpha value is -1.42. The largest absolute Gasteiger partial charge is 0.469 e. The van der Waals surface area contributed by atoms with Crippen molar-refractivity contribution in [3.63, 3.8) is 0 Å². The molecule has 1 rings (SSSR count). The number of carbonyl (C=O) groups excluding carboxylic acids is 1. The second-order valence-electron chi connectivity index (χ2n) is 3.98. The number of ether oxygens (including phenoxy) is 1. The maximum atomic E-state index is 11.2. The van der Waals surface area contributed by atoms with Gasteiger partial charge in [-0.3, -0.25) is 9.78 Å². The predicted octanol–water partition coefficient (Wildman–Crippen LogP) is 1.32. The molecule has 0 amide bonds. The van der Waals surface area contributed by atoms with Crippen LogP contribution in [0.4, 0.5) is 0 Å². The molecule has 16 heavy (non-hydrogen) atoms. The van der Waals surface area contributed by atoms with Gasteiger partial charge in [0.25, 0.3) is 0 Å². The van der Waals surface area contributed by atoms with E-state index in [0.717, 1.165) is 12.1 Å². The van der Waals surface area contributed by atoms with Gasteiger partial charge in [0.05, 0.1) is 13.0 Å². The van der Waals surface area contributed by atoms with E-state index < -0.39 is 0 Å². The molecular weight excluding hydrogens is 204 g/mol. The molecule has 1 atom stereocenters. The maximum Gasteiger partial charge on any atom is 0.309 e. The number of nitrogens with zero attached hydrogens (tertiary/aromatic N) is 2. The molecule has 1 aromatic heterocycles. The smallest absolute Gasteiger partial charge is 0.309 e. The van der Waals surface area contributed by atoms with Crippen molar-refractivity contribution < 1.29 is 9.53 Å². The quantitative estimate of drug-likeness (QED) is 0.705.